The van der Waals surface area contributed by atoms with Crippen molar-refractivity contribution in [1.82, 2.24) is 9.55 Å². The number of hydrazone groups is 1. The average Bonchev–Trinajstić information content (AvgIpc) is 3.16. The molecule has 2 aromatic heterocycles. The predicted molar refractivity (Wildman–Crippen MR) is 116 cm³/mol. The number of aromatic nitrogens is 2. The molecule has 4 nitrogen and oxygen atoms in total. The second-order valence-corrected chi connectivity index (χ2v) is 7.84. The molecule has 0 fully saturated rings. The van der Waals surface area contributed by atoms with E-state index >= 15 is 0 Å². The van der Waals surface area contributed by atoms with Gasteiger partial charge < -0.3 is 4.57 Å². The molecule has 0 saturated heterocycles. The van der Waals surface area contributed by atoms with Crippen LogP contribution in [0.4, 0.5) is 5.13 Å². The number of para-hydroxylation sites is 1. The van der Waals surface area contributed by atoms with Gasteiger partial charge in [0.1, 0.15) is 0 Å². The van der Waals surface area contributed by atoms with Gasteiger partial charge in [0.15, 0.2) is 0 Å². The zero-order valence-corrected chi connectivity index (χ0v) is 16.8. The number of nitrogens with zero attached hydrogens (tertiary/aromatic N) is 3. The van der Waals surface area contributed by atoms with Crippen LogP contribution in [0.15, 0.2) is 53.6 Å². The molecule has 0 bridgehead atoms. The quantitative estimate of drug-likeness (QED) is 0.364. The first-order valence-corrected chi connectivity index (χ1v) is 9.76. The third-order valence-corrected chi connectivity index (χ3v) is 5.66. The Morgan fingerprint density at radius 1 is 1.04 bits per heavy atom. The molecular weight excluding hydrogens is 352 g/mol. The van der Waals surface area contributed by atoms with E-state index in [1.165, 1.54) is 28.2 Å². The maximum Gasteiger partial charge on any atom is 0.204 e. The van der Waals surface area contributed by atoms with Gasteiger partial charge in [-0.15, -0.1) is 0 Å². The van der Waals surface area contributed by atoms with Crippen LogP contribution in [-0.2, 0) is 0 Å². The van der Waals surface area contributed by atoms with Gasteiger partial charge in [0.25, 0.3) is 0 Å². The van der Waals surface area contributed by atoms with Gasteiger partial charge in [-0.05, 0) is 57.5 Å². The topological polar surface area (TPSA) is 42.2 Å². The first kappa shape index (κ1) is 17.5. The molecule has 27 heavy (non-hydrogen) atoms. The van der Waals surface area contributed by atoms with Crippen LogP contribution in [0, 0.1) is 27.7 Å². The van der Waals surface area contributed by atoms with Gasteiger partial charge in [0, 0.05) is 22.6 Å². The van der Waals surface area contributed by atoms with Crippen LogP contribution in [0.3, 0.4) is 0 Å². The minimum absolute atomic E-state index is 0.802. The molecule has 2 heterocycles. The van der Waals surface area contributed by atoms with E-state index < -0.39 is 0 Å². The van der Waals surface area contributed by atoms with Crippen molar-refractivity contribution in [1.29, 1.82) is 0 Å². The summed E-state index contributed by atoms with van der Waals surface area (Å²) in [7, 11) is 0. The number of fused-ring (bicyclic) bond motifs is 1. The van der Waals surface area contributed by atoms with Crippen LogP contribution in [-0.4, -0.2) is 15.8 Å². The summed E-state index contributed by atoms with van der Waals surface area (Å²) in [5.74, 6) is 0. The van der Waals surface area contributed by atoms with Gasteiger partial charge >= 0.3 is 0 Å². The number of rotatable bonds is 4. The number of thiazole rings is 1. The summed E-state index contributed by atoms with van der Waals surface area (Å²) >= 11 is 1.60. The Balaban J connectivity index is 1.60. The molecule has 4 rings (SSSR count). The van der Waals surface area contributed by atoms with Crippen molar-refractivity contribution in [3.8, 4) is 5.69 Å². The summed E-state index contributed by atoms with van der Waals surface area (Å²) in [6.45, 7) is 8.54. The van der Waals surface area contributed by atoms with Gasteiger partial charge in [-0.1, -0.05) is 41.2 Å². The first-order chi connectivity index (χ1) is 13.0. The van der Waals surface area contributed by atoms with Crippen molar-refractivity contribution >= 4 is 32.9 Å². The molecule has 0 unspecified atom stereocenters. The maximum atomic E-state index is 4.54. The lowest BCUT2D eigenvalue weighted by molar-refractivity contribution is 0.953. The molecular formula is C22H22N4S. The number of aryl methyl sites for hydroxylation is 3. The highest BCUT2D eigenvalue weighted by Gasteiger charge is 2.11. The number of hydrogen-bond donors (Lipinski definition) is 1. The SMILES string of the molecule is Cc1ccc(-n2c(C)cc(/C=N/Nc3nc4ccccc4s3)c2C)c(C)c1. The highest BCUT2D eigenvalue weighted by molar-refractivity contribution is 7.22. The van der Waals surface area contributed by atoms with Gasteiger partial charge in [0.05, 0.1) is 16.4 Å². The lowest BCUT2D eigenvalue weighted by Crippen LogP contribution is -2.02. The summed E-state index contributed by atoms with van der Waals surface area (Å²) in [5.41, 5.74) is 11.3. The molecule has 5 heteroatoms. The van der Waals surface area contributed by atoms with E-state index in [2.05, 4.69) is 78.1 Å². The maximum absolute atomic E-state index is 4.54. The van der Waals surface area contributed by atoms with Crippen molar-refractivity contribution in [3.05, 3.63) is 76.6 Å². The van der Waals surface area contributed by atoms with Crippen LogP contribution >= 0.6 is 11.3 Å². The van der Waals surface area contributed by atoms with E-state index in [9.17, 15) is 0 Å². The van der Waals surface area contributed by atoms with Gasteiger partial charge in [0.2, 0.25) is 5.13 Å². The summed E-state index contributed by atoms with van der Waals surface area (Å²) in [5, 5.41) is 5.21. The van der Waals surface area contributed by atoms with E-state index in [4.69, 9.17) is 0 Å². The normalized spacial score (nSPS) is 11.6. The third-order valence-electron chi connectivity index (χ3n) is 4.72. The Labute approximate surface area is 163 Å². The van der Waals surface area contributed by atoms with E-state index in [0.717, 1.165) is 20.9 Å². The lowest BCUT2D eigenvalue weighted by atomic mass is 10.1. The molecule has 0 aliphatic carbocycles. The number of anilines is 1. The van der Waals surface area contributed by atoms with Crippen LogP contribution < -0.4 is 5.43 Å². The second-order valence-electron chi connectivity index (χ2n) is 6.81. The molecule has 0 aliphatic heterocycles. The molecule has 1 N–H and O–H groups in total. The monoisotopic (exact) mass is 374 g/mol. The molecule has 4 aromatic rings. The lowest BCUT2D eigenvalue weighted by Gasteiger charge is -2.13. The fourth-order valence-corrected chi connectivity index (χ4v) is 4.24. The minimum Gasteiger partial charge on any atom is -0.318 e. The summed E-state index contributed by atoms with van der Waals surface area (Å²) in [6, 6.07) is 16.8. The van der Waals surface area contributed by atoms with Gasteiger partial charge in [-0.25, -0.2) is 4.98 Å². The fourth-order valence-electron chi connectivity index (χ4n) is 3.42. The number of benzene rings is 2. The van der Waals surface area contributed by atoms with Crippen molar-refractivity contribution in [2.45, 2.75) is 27.7 Å². The standard InChI is InChI=1S/C22H22N4S/c1-14-9-10-20(15(2)11-14)26-16(3)12-18(17(26)4)13-23-25-22-24-19-7-5-6-8-21(19)27-22/h5-13H,1-4H3,(H,24,25)/b23-13+. The van der Waals surface area contributed by atoms with Crippen molar-refractivity contribution in [2.24, 2.45) is 5.10 Å². The first-order valence-electron chi connectivity index (χ1n) is 8.94. The summed E-state index contributed by atoms with van der Waals surface area (Å²) in [4.78, 5) is 4.54. The summed E-state index contributed by atoms with van der Waals surface area (Å²) in [6.07, 6.45) is 1.87. The molecule has 0 spiro atoms. The minimum atomic E-state index is 0.802. The molecule has 2 aromatic carbocycles. The average molecular weight is 375 g/mol. The smallest absolute Gasteiger partial charge is 0.204 e. The Kier molecular flexibility index (Phi) is 4.54. The van der Waals surface area contributed by atoms with Crippen LogP contribution in [0.2, 0.25) is 0 Å². The highest BCUT2D eigenvalue weighted by atomic mass is 32.1. The van der Waals surface area contributed by atoms with Crippen molar-refractivity contribution < 1.29 is 0 Å². The van der Waals surface area contributed by atoms with E-state index in [1.54, 1.807) is 11.3 Å². The number of hydrogen-bond acceptors (Lipinski definition) is 4. The van der Waals surface area contributed by atoms with E-state index in [0.29, 0.717) is 0 Å². The zero-order chi connectivity index (χ0) is 19.0. The highest BCUT2D eigenvalue weighted by Crippen LogP contribution is 2.26. The molecule has 0 atom stereocenters. The Morgan fingerprint density at radius 2 is 1.85 bits per heavy atom. The van der Waals surface area contributed by atoms with E-state index in [-0.39, 0.29) is 0 Å². The van der Waals surface area contributed by atoms with Crippen LogP contribution in [0.1, 0.15) is 28.1 Å². The van der Waals surface area contributed by atoms with Gasteiger partial charge in [-0.2, -0.15) is 5.10 Å². The third kappa shape index (κ3) is 3.38. The van der Waals surface area contributed by atoms with Crippen LogP contribution in [0.25, 0.3) is 15.9 Å². The largest absolute Gasteiger partial charge is 0.318 e. The predicted octanol–water partition coefficient (Wildman–Crippen LogP) is 5.77. The van der Waals surface area contributed by atoms with Crippen molar-refractivity contribution in [2.75, 3.05) is 5.43 Å². The Morgan fingerprint density at radius 3 is 2.63 bits per heavy atom. The van der Waals surface area contributed by atoms with Gasteiger partial charge in [-0.3, -0.25) is 5.43 Å². The fraction of sp³-hybridized carbons (Fsp3) is 0.182. The Hall–Kier alpha value is -2.92. The molecule has 136 valence electrons. The molecule has 0 saturated carbocycles. The van der Waals surface area contributed by atoms with Crippen LogP contribution in [0.5, 0.6) is 0 Å². The summed E-state index contributed by atoms with van der Waals surface area (Å²) < 4.78 is 3.44. The molecule has 0 aliphatic rings. The van der Waals surface area contributed by atoms with Crippen molar-refractivity contribution in [3.63, 3.8) is 0 Å². The second kappa shape index (κ2) is 7.00. The van der Waals surface area contributed by atoms with E-state index in [1.807, 2.05) is 24.4 Å². The zero-order valence-electron chi connectivity index (χ0n) is 15.9. The molecule has 0 amide bonds. The number of nitrogens with one attached hydrogen (secondary N) is 1. The Bertz CT molecular complexity index is 1120. The molecule has 0 radical (unpaired) electrons.